The first-order chi connectivity index (χ1) is 13.1. The number of hydrogen-bond donors (Lipinski definition) is 1. The molecule has 0 spiro atoms. The van der Waals surface area contributed by atoms with E-state index in [2.05, 4.69) is 10.1 Å². The first-order valence-electron chi connectivity index (χ1n) is 8.39. The maximum absolute atomic E-state index is 11.9. The number of benzene rings is 1. The first kappa shape index (κ1) is 17.0. The molecule has 3 heterocycles. The number of pyridine rings is 1. The van der Waals surface area contributed by atoms with Gasteiger partial charge in [0.1, 0.15) is 17.0 Å². The first-order valence-corrected chi connectivity index (χ1v) is 8.39. The minimum absolute atomic E-state index is 0.270. The standard InChI is InChI=1S/C20H17N3O4/c1-23(12-15-11-16(22-27-15)13-6-8-21-9-7-13)19(20(24)25)18-10-14-4-2-3-5-17(14)26-18/h2-11,19H,12H2,1H3,(H,24,25)/t19-/m0/s1. The molecule has 0 fully saturated rings. The predicted molar refractivity (Wildman–Crippen MR) is 97.8 cm³/mol. The zero-order valence-corrected chi connectivity index (χ0v) is 14.6. The molecule has 4 aromatic rings. The number of likely N-dealkylation sites (N-methyl/N-ethyl adjacent to an activating group) is 1. The molecule has 1 atom stereocenters. The van der Waals surface area contributed by atoms with Crippen LogP contribution in [0.1, 0.15) is 17.6 Å². The maximum Gasteiger partial charge on any atom is 0.328 e. The largest absolute Gasteiger partial charge is 0.480 e. The quantitative estimate of drug-likeness (QED) is 0.558. The van der Waals surface area contributed by atoms with Crippen molar-refractivity contribution >= 4 is 16.9 Å². The van der Waals surface area contributed by atoms with Gasteiger partial charge < -0.3 is 14.0 Å². The van der Waals surface area contributed by atoms with Gasteiger partial charge in [-0.3, -0.25) is 14.7 Å². The number of furan rings is 1. The van der Waals surface area contributed by atoms with E-state index in [0.29, 0.717) is 22.8 Å². The summed E-state index contributed by atoms with van der Waals surface area (Å²) in [6, 6.07) is 13.7. The second kappa shape index (κ2) is 7.05. The fourth-order valence-corrected chi connectivity index (χ4v) is 3.05. The van der Waals surface area contributed by atoms with Gasteiger partial charge in [-0.25, -0.2) is 0 Å². The molecule has 0 saturated carbocycles. The highest BCUT2D eigenvalue weighted by Crippen LogP contribution is 2.29. The van der Waals surface area contributed by atoms with Crippen molar-refractivity contribution in [3.63, 3.8) is 0 Å². The summed E-state index contributed by atoms with van der Waals surface area (Å²) in [6.07, 6.45) is 3.36. The minimum atomic E-state index is -0.995. The lowest BCUT2D eigenvalue weighted by Crippen LogP contribution is -2.30. The highest BCUT2D eigenvalue weighted by molar-refractivity contribution is 5.81. The van der Waals surface area contributed by atoms with E-state index in [1.165, 1.54) is 0 Å². The van der Waals surface area contributed by atoms with Crippen molar-refractivity contribution in [3.8, 4) is 11.3 Å². The Morgan fingerprint density at radius 3 is 2.70 bits per heavy atom. The van der Waals surface area contributed by atoms with E-state index in [-0.39, 0.29) is 6.54 Å². The highest BCUT2D eigenvalue weighted by Gasteiger charge is 2.29. The van der Waals surface area contributed by atoms with E-state index in [1.807, 2.05) is 36.4 Å². The Labute approximate surface area is 154 Å². The molecule has 0 unspecified atom stereocenters. The lowest BCUT2D eigenvalue weighted by Gasteiger charge is -2.21. The van der Waals surface area contributed by atoms with Crippen molar-refractivity contribution in [2.24, 2.45) is 0 Å². The molecule has 0 radical (unpaired) electrons. The zero-order chi connectivity index (χ0) is 18.8. The highest BCUT2D eigenvalue weighted by atomic mass is 16.5. The molecule has 27 heavy (non-hydrogen) atoms. The van der Waals surface area contributed by atoms with E-state index in [9.17, 15) is 9.90 Å². The van der Waals surface area contributed by atoms with Crippen LogP contribution in [-0.2, 0) is 11.3 Å². The predicted octanol–water partition coefficient (Wildman–Crippen LogP) is 3.74. The summed E-state index contributed by atoms with van der Waals surface area (Å²) in [5.41, 5.74) is 2.22. The van der Waals surface area contributed by atoms with Crippen LogP contribution in [0, 0.1) is 0 Å². The van der Waals surface area contributed by atoms with Crippen LogP contribution in [0.5, 0.6) is 0 Å². The number of nitrogens with zero attached hydrogens (tertiary/aromatic N) is 3. The van der Waals surface area contributed by atoms with Crippen LogP contribution in [0.3, 0.4) is 0 Å². The number of carboxylic acid groups (broad SMARTS) is 1. The van der Waals surface area contributed by atoms with Gasteiger partial charge in [0.05, 0.1) is 6.54 Å². The topological polar surface area (TPSA) is 92.6 Å². The molecule has 0 aliphatic rings. The lowest BCUT2D eigenvalue weighted by atomic mass is 10.1. The minimum Gasteiger partial charge on any atom is -0.480 e. The lowest BCUT2D eigenvalue weighted by molar-refractivity contribution is -0.144. The molecule has 1 aromatic carbocycles. The van der Waals surface area contributed by atoms with E-state index in [4.69, 9.17) is 8.94 Å². The average Bonchev–Trinajstić information content (AvgIpc) is 3.29. The Balaban J connectivity index is 1.57. The SMILES string of the molecule is CN(Cc1cc(-c2ccncc2)no1)[C@H](C(=O)O)c1cc2ccccc2o1. The fourth-order valence-electron chi connectivity index (χ4n) is 3.05. The van der Waals surface area contributed by atoms with E-state index in [1.54, 1.807) is 36.5 Å². The van der Waals surface area contributed by atoms with Crippen LogP contribution in [0.4, 0.5) is 0 Å². The van der Waals surface area contributed by atoms with Gasteiger partial charge in [0.15, 0.2) is 11.8 Å². The van der Waals surface area contributed by atoms with Gasteiger partial charge in [-0.1, -0.05) is 23.4 Å². The Morgan fingerprint density at radius 2 is 1.96 bits per heavy atom. The summed E-state index contributed by atoms with van der Waals surface area (Å²) < 4.78 is 11.1. The molecule has 0 bridgehead atoms. The Morgan fingerprint density at radius 1 is 1.19 bits per heavy atom. The Kier molecular flexibility index (Phi) is 4.43. The van der Waals surface area contributed by atoms with Crippen LogP contribution in [0.25, 0.3) is 22.2 Å². The summed E-state index contributed by atoms with van der Waals surface area (Å²) >= 11 is 0. The number of carboxylic acids is 1. The molecule has 0 amide bonds. The van der Waals surface area contributed by atoms with Crippen LogP contribution >= 0.6 is 0 Å². The van der Waals surface area contributed by atoms with Gasteiger partial charge >= 0.3 is 5.97 Å². The van der Waals surface area contributed by atoms with Crippen LogP contribution in [0.15, 0.2) is 69.9 Å². The van der Waals surface area contributed by atoms with Crippen molar-refractivity contribution in [1.29, 1.82) is 0 Å². The Hall–Kier alpha value is -3.45. The molecule has 7 nitrogen and oxygen atoms in total. The number of hydrogen-bond acceptors (Lipinski definition) is 6. The van der Waals surface area contributed by atoms with Gasteiger partial charge in [-0.15, -0.1) is 0 Å². The summed E-state index contributed by atoms with van der Waals surface area (Å²) in [7, 11) is 1.71. The maximum atomic E-state index is 11.9. The fraction of sp³-hybridized carbons (Fsp3) is 0.150. The summed E-state index contributed by atoms with van der Waals surface area (Å²) in [6.45, 7) is 0.270. The van der Waals surface area contributed by atoms with Crippen LogP contribution in [0.2, 0.25) is 0 Å². The van der Waals surface area contributed by atoms with Gasteiger partial charge in [0.2, 0.25) is 0 Å². The average molecular weight is 363 g/mol. The van der Waals surface area contributed by atoms with Crippen molar-refractivity contribution in [3.05, 3.63) is 72.4 Å². The molecule has 3 aromatic heterocycles. The third kappa shape index (κ3) is 3.45. The molecule has 0 aliphatic heterocycles. The van der Waals surface area contributed by atoms with Crippen molar-refractivity contribution in [2.75, 3.05) is 7.05 Å². The van der Waals surface area contributed by atoms with Crippen LogP contribution in [-0.4, -0.2) is 33.2 Å². The van der Waals surface area contributed by atoms with Crippen molar-refractivity contribution in [2.45, 2.75) is 12.6 Å². The second-order valence-electron chi connectivity index (χ2n) is 6.26. The summed E-state index contributed by atoms with van der Waals surface area (Å²) in [4.78, 5) is 17.5. The number of para-hydroxylation sites is 1. The van der Waals surface area contributed by atoms with Gasteiger partial charge in [0, 0.05) is 29.4 Å². The number of fused-ring (bicyclic) bond motifs is 1. The van der Waals surface area contributed by atoms with E-state index < -0.39 is 12.0 Å². The molecule has 0 saturated heterocycles. The number of carbonyl (C=O) groups is 1. The molecule has 1 N–H and O–H groups in total. The molecule has 4 rings (SSSR count). The molecule has 0 aliphatic carbocycles. The Bertz CT molecular complexity index is 1040. The third-order valence-corrected chi connectivity index (χ3v) is 4.33. The number of aromatic nitrogens is 2. The zero-order valence-electron chi connectivity index (χ0n) is 14.6. The smallest absolute Gasteiger partial charge is 0.328 e. The van der Waals surface area contributed by atoms with E-state index >= 15 is 0 Å². The normalized spacial score (nSPS) is 12.5. The monoisotopic (exact) mass is 363 g/mol. The number of rotatable bonds is 6. The van der Waals surface area contributed by atoms with Gasteiger partial charge in [-0.05, 0) is 31.3 Å². The summed E-state index contributed by atoms with van der Waals surface area (Å²) in [5, 5.41) is 14.6. The van der Waals surface area contributed by atoms with E-state index in [0.717, 1.165) is 10.9 Å². The third-order valence-electron chi connectivity index (χ3n) is 4.33. The molecular formula is C20H17N3O4. The molecule has 136 valence electrons. The van der Waals surface area contributed by atoms with Crippen molar-refractivity contribution < 1.29 is 18.8 Å². The second-order valence-corrected chi connectivity index (χ2v) is 6.26. The molecular weight excluding hydrogens is 346 g/mol. The van der Waals surface area contributed by atoms with Gasteiger partial charge in [0.25, 0.3) is 0 Å². The van der Waals surface area contributed by atoms with Gasteiger partial charge in [-0.2, -0.15) is 0 Å². The van der Waals surface area contributed by atoms with Crippen LogP contribution < -0.4 is 0 Å². The molecule has 7 heteroatoms. The summed E-state index contributed by atoms with van der Waals surface area (Å²) in [5.74, 6) is -0.0582. The van der Waals surface area contributed by atoms with Crippen molar-refractivity contribution in [1.82, 2.24) is 15.0 Å². The number of aliphatic carboxylic acids is 1.